The second kappa shape index (κ2) is 10.2. The number of rotatable bonds is 7. The Morgan fingerprint density at radius 1 is 1.03 bits per heavy atom. The Bertz CT molecular complexity index is 672. The van der Waals surface area contributed by atoms with Gasteiger partial charge >= 0.3 is 0 Å². The predicted molar refractivity (Wildman–Crippen MR) is 117 cm³/mol. The van der Waals surface area contributed by atoms with Crippen molar-refractivity contribution in [2.75, 3.05) is 32.7 Å². The summed E-state index contributed by atoms with van der Waals surface area (Å²) in [6.07, 6.45) is 5.76. The number of piperazine rings is 1. The Balaban J connectivity index is 1.59. The van der Waals surface area contributed by atoms with Crippen molar-refractivity contribution >= 4 is 11.8 Å². The number of aryl methyl sites for hydroxylation is 1. The minimum Gasteiger partial charge on any atom is -0.355 e. The average Bonchev–Trinajstić information content (AvgIpc) is 3.23. The molecule has 0 aromatic heterocycles. The third kappa shape index (κ3) is 5.81. The summed E-state index contributed by atoms with van der Waals surface area (Å²) in [6, 6.07) is 7.75. The van der Waals surface area contributed by atoms with Gasteiger partial charge in [-0.1, -0.05) is 44.4 Å². The molecule has 1 atom stereocenters. The van der Waals surface area contributed by atoms with Crippen molar-refractivity contribution in [1.29, 1.82) is 0 Å². The zero-order chi connectivity index (χ0) is 20.8. The highest BCUT2D eigenvalue weighted by Gasteiger charge is 2.37. The van der Waals surface area contributed by atoms with E-state index < -0.39 is 0 Å². The fourth-order valence-corrected chi connectivity index (χ4v) is 4.62. The van der Waals surface area contributed by atoms with E-state index in [0.29, 0.717) is 24.9 Å². The largest absolute Gasteiger partial charge is 0.355 e. The number of benzene rings is 1. The second-order valence-electron chi connectivity index (χ2n) is 9.16. The smallest absolute Gasteiger partial charge is 0.253 e. The van der Waals surface area contributed by atoms with Crippen molar-refractivity contribution < 1.29 is 9.59 Å². The fraction of sp³-hybridized carbons (Fsp3) is 0.667. The van der Waals surface area contributed by atoms with E-state index in [-0.39, 0.29) is 17.9 Å². The van der Waals surface area contributed by atoms with Gasteiger partial charge in [0.1, 0.15) is 0 Å². The lowest BCUT2D eigenvalue weighted by molar-refractivity contribution is -0.129. The van der Waals surface area contributed by atoms with Gasteiger partial charge in [-0.05, 0) is 50.2 Å². The van der Waals surface area contributed by atoms with Crippen molar-refractivity contribution in [1.82, 2.24) is 15.1 Å². The number of hydrogen-bond donors (Lipinski definition) is 1. The molecular formula is C24H37N3O2. The van der Waals surface area contributed by atoms with Gasteiger partial charge in [0.25, 0.3) is 5.91 Å². The van der Waals surface area contributed by atoms with Gasteiger partial charge in [-0.25, -0.2) is 0 Å². The summed E-state index contributed by atoms with van der Waals surface area (Å²) in [7, 11) is 0. The maximum absolute atomic E-state index is 13.0. The van der Waals surface area contributed by atoms with Crippen LogP contribution in [0.15, 0.2) is 24.3 Å². The number of carbonyl (C=O) groups excluding carboxylic acids is 2. The second-order valence-corrected chi connectivity index (χ2v) is 9.16. The molecule has 1 aliphatic carbocycles. The lowest BCUT2D eigenvalue weighted by Crippen LogP contribution is -2.58. The molecule has 1 saturated carbocycles. The zero-order valence-corrected chi connectivity index (χ0v) is 18.3. The van der Waals surface area contributed by atoms with Gasteiger partial charge in [-0.3, -0.25) is 14.5 Å². The fourth-order valence-electron chi connectivity index (χ4n) is 4.62. The van der Waals surface area contributed by atoms with Crippen LogP contribution >= 0.6 is 0 Å². The highest BCUT2D eigenvalue weighted by Crippen LogP contribution is 2.31. The van der Waals surface area contributed by atoms with Gasteiger partial charge in [-0.2, -0.15) is 0 Å². The molecule has 0 radical (unpaired) electrons. The molecule has 5 nitrogen and oxygen atoms in total. The zero-order valence-electron chi connectivity index (χ0n) is 18.3. The Morgan fingerprint density at radius 2 is 1.66 bits per heavy atom. The summed E-state index contributed by atoms with van der Waals surface area (Å²) in [6.45, 7) is 10.1. The Hall–Kier alpha value is -1.88. The first-order valence-electron chi connectivity index (χ1n) is 11.3. The monoisotopic (exact) mass is 399 g/mol. The molecule has 5 heteroatoms. The van der Waals surface area contributed by atoms with E-state index in [1.54, 1.807) is 0 Å². The minimum absolute atomic E-state index is 0.0405. The van der Waals surface area contributed by atoms with Crippen molar-refractivity contribution in [2.24, 2.45) is 11.8 Å². The lowest BCUT2D eigenvalue weighted by atomic mass is 9.94. The third-order valence-corrected chi connectivity index (χ3v) is 6.43. The number of amides is 2. The van der Waals surface area contributed by atoms with E-state index in [9.17, 15) is 9.59 Å². The normalized spacial score (nSPS) is 19.5. The van der Waals surface area contributed by atoms with Crippen LogP contribution in [0, 0.1) is 18.8 Å². The molecule has 2 aliphatic rings. The molecular weight excluding hydrogens is 362 g/mol. The van der Waals surface area contributed by atoms with Crippen LogP contribution in [-0.4, -0.2) is 60.4 Å². The van der Waals surface area contributed by atoms with Crippen LogP contribution in [0.4, 0.5) is 0 Å². The first-order valence-corrected chi connectivity index (χ1v) is 11.3. The summed E-state index contributed by atoms with van der Waals surface area (Å²) >= 11 is 0. The summed E-state index contributed by atoms with van der Waals surface area (Å²) in [5.74, 6) is 1.34. The molecule has 160 valence electrons. The molecule has 2 amide bonds. The number of hydrogen-bond acceptors (Lipinski definition) is 3. The third-order valence-electron chi connectivity index (χ3n) is 6.43. The number of carbonyl (C=O) groups is 2. The highest BCUT2D eigenvalue weighted by molar-refractivity contribution is 5.94. The molecule has 1 aliphatic heterocycles. The van der Waals surface area contributed by atoms with Crippen molar-refractivity contribution in [2.45, 2.75) is 58.9 Å². The van der Waals surface area contributed by atoms with Crippen LogP contribution in [0.3, 0.4) is 0 Å². The highest BCUT2D eigenvalue weighted by atomic mass is 16.2. The van der Waals surface area contributed by atoms with E-state index in [4.69, 9.17) is 0 Å². The van der Waals surface area contributed by atoms with Gasteiger partial charge in [0, 0.05) is 38.3 Å². The first kappa shape index (κ1) is 21.8. The van der Waals surface area contributed by atoms with E-state index in [1.165, 1.54) is 12.8 Å². The lowest BCUT2D eigenvalue weighted by Gasteiger charge is -2.40. The number of nitrogens with one attached hydrogen (secondary N) is 1. The molecule has 1 heterocycles. The van der Waals surface area contributed by atoms with Gasteiger partial charge in [0.2, 0.25) is 5.91 Å². The summed E-state index contributed by atoms with van der Waals surface area (Å²) in [4.78, 5) is 30.1. The van der Waals surface area contributed by atoms with Gasteiger partial charge in [0.05, 0.1) is 6.04 Å². The van der Waals surface area contributed by atoms with Crippen molar-refractivity contribution in [3.63, 3.8) is 0 Å². The van der Waals surface area contributed by atoms with E-state index >= 15 is 0 Å². The predicted octanol–water partition coefficient (Wildman–Crippen LogP) is 3.47. The quantitative estimate of drug-likeness (QED) is 0.764. The van der Waals surface area contributed by atoms with E-state index in [1.807, 2.05) is 36.1 Å². The first-order chi connectivity index (χ1) is 14.0. The minimum atomic E-state index is -0.0405. The standard InChI is InChI=1S/C24H37N3O2/c1-18(2)12-13-25-23(28)22(20-6-4-5-7-20)26-14-16-27(17-15-26)24(29)21-10-8-19(3)9-11-21/h8-11,18,20,22H,4-7,12-17H2,1-3H3,(H,25,28). The molecule has 2 fully saturated rings. The maximum atomic E-state index is 13.0. The molecule has 1 saturated heterocycles. The summed E-state index contributed by atoms with van der Waals surface area (Å²) < 4.78 is 0. The van der Waals surface area contributed by atoms with Gasteiger partial charge in [0.15, 0.2) is 0 Å². The SMILES string of the molecule is Cc1ccc(C(=O)N2CCN(C(C(=O)NCCC(C)C)C3CCCC3)CC2)cc1. The summed E-state index contributed by atoms with van der Waals surface area (Å²) in [5.41, 5.74) is 1.91. The molecule has 0 spiro atoms. The Kier molecular flexibility index (Phi) is 7.70. The molecule has 1 N–H and O–H groups in total. The Morgan fingerprint density at radius 3 is 2.24 bits per heavy atom. The Labute approximate surface area is 175 Å². The van der Waals surface area contributed by atoms with Crippen LogP contribution in [0.1, 0.15) is 61.9 Å². The molecule has 1 aromatic rings. The van der Waals surface area contributed by atoms with Crippen LogP contribution in [0.5, 0.6) is 0 Å². The topological polar surface area (TPSA) is 52.7 Å². The van der Waals surface area contributed by atoms with Gasteiger partial charge < -0.3 is 10.2 Å². The molecule has 0 bridgehead atoms. The summed E-state index contributed by atoms with van der Waals surface area (Å²) in [5, 5.41) is 3.19. The van der Waals surface area contributed by atoms with E-state index in [0.717, 1.165) is 50.0 Å². The van der Waals surface area contributed by atoms with Crippen LogP contribution < -0.4 is 5.32 Å². The number of nitrogens with zero attached hydrogens (tertiary/aromatic N) is 2. The van der Waals surface area contributed by atoms with Crippen molar-refractivity contribution in [3.8, 4) is 0 Å². The molecule has 1 unspecified atom stereocenters. The molecule has 3 rings (SSSR count). The van der Waals surface area contributed by atoms with Crippen LogP contribution in [0.25, 0.3) is 0 Å². The van der Waals surface area contributed by atoms with Gasteiger partial charge in [-0.15, -0.1) is 0 Å². The van der Waals surface area contributed by atoms with Crippen molar-refractivity contribution in [3.05, 3.63) is 35.4 Å². The molecule has 29 heavy (non-hydrogen) atoms. The van der Waals surface area contributed by atoms with E-state index in [2.05, 4.69) is 24.1 Å². The maximum Gasteiger partial charge on any atom is 0.253 e. The van der Waals surface area contributed by atoms with Crippen LogP contribution in [-0.2, 0) is 4.79 Å². The molecule has 1 aromatic carbocycles. The van der Waals surface area contributed by atoms with Crippen LogP contribution in [0.2, 0.25) is 0 Å². The average molecular weight is 400 g/mol.